The van der Waals surface area contributed by atoms with E-state index in [1.807, 2.05) is 25.1 Å². The largest absolute Gasteiger partial charge is 0.483 e. The van der Waals surface area contributed by atoms with Gasteiger partial charge in [0.05, 0.1) is 0 Å². The minimum atomic E-state index is -0.158. The molecule has 1 aromatic carbocycles. The topological polar surface area (TPSA) is 64.3 Å². The zero-order chi connectivity index (χ0) is 13.4. The van der Waals surface area contributed by atoms with E-state index in [9.17, 15) is 4.79 Å². The van der Waals surface area contributed by atoms with Crippen LogP contribution in [-0.4, -0.2) is 25.6 Å². The molecule has 0 spiro atoms. The predicted octanol–water partition coefficient (Wildman–Crippen LogP) is 1.18. The van der Waals surface area contributed by atoms with Gasteiger partial charge in [0, 0.05) is 6.54 Å². The van der Waals surface area contributed by atoms with Crippen molar-refractivity contribution in [1.82, 2.24) is 5.32 Å². The molecular formula is C14H20N2O2. The van der Waals surface area contributed by atoms with Crippen LogP contribution in [0, 0.1) is 6.92 Å². The van der Waals surface area contributed by atoms with Crippen molar-refractivity contribution in [1.29, 1.82) is 0 Å². The van der Waals surface area contributed by atoms with Crippen LogP contribution in [0.3, 0.4) is 0 Å². The molecule has 1 aromatic rings. The van der Waals surface area contributed by atoms with Crippen LogP contribution in [0.1, 0.15) is 11.1 Å². The van der Waals surface area contributed by atoms with E-state index in [2.05, 4.69) is 11.9 Å². The van der Waals surface area contributed by atoms with Gasteiger partial charge in [-0.1, -0.05) is 23.8 Å². The highest BCUT2D eigenvalue weighted by Gasteiger charge is 2.06. The van der Waals surface area contributed by atoms with Crippen molar-refractivity contribution in [2.45, 2.75) is 13.3 Å². The number of hydrogen-bond donors (Lipinski definition) is 2. The fourth-order valence-electron chi connectivity index (χ4n) is 1.58. The zero-order valence-corrected chi connectivity index (χ0v) is 10.7. The fraction of sp³-hybridized carbons (Fsp3) is 0.357. The summed E-state index contributed by atoms with van der Waals surface area (Å²) in [6.45, 7) is 6.56. The van der Waals surface area contributed by atoms with E-state index in [0.29, 0.717) is 13.1 Å². The van der Waals surface area contributed by atoms with Crippen LogP contribution in [-0.2, 0) is 11.2 Å². The first-order chi connectivity index (χ1) is 8.67. The monoisotopic (exact) mass is 248 g/mol. The molecule has 1 amide bonds. The Morgan fingerprint density at radius 3 is 3.00 bits per heavy atom. The van der Waals surface area contributed by atoms with Gasteiger partial charge in [0.1, 0.15) is 5.75 Å². The van der Waals surface area contributed by atoms with Crippen LogP contribution >= 0.6 is 0 Å². The van der Waals surface area contributed by atoms with Crippen molar-refractivity contribution >= 4 is 5.91 Å². The Morgan fingerprint density at radius 2 is 2.33 bits per heavy atom. The Bertz CT molecular complexity index is 416. The molecule has 0 fully saturated rings. The fourth-order valence-corrected chi connectivity index (χ4v) is 1.58. The van der Waals surface area contributed by atoms with Crippen molar-refractivity contribution in [3.8, 4) is 5.75 Å². The molecular weight excluding hydrogens is 228 g/mol. The summed E-state index contributed by atoms with van der Waals surface area (Å²) >= 11 is 0. The molecule has 0 heterocycles. The molecule has 0 radical (unpaired) electrons. The standard InChI is InChI=1S/C14H20N2O2/c1-3-8-16-14(17)10-18-13-5-4-11(2)9-12(13)6-7-15/h3-5,9H,1,6-8,10,15H2,2H3,(H,16,17). The molecule has 0 aliphatic carbocycles. The number of nitrogens with two attached hydrogens (primary N) is 1. The number of carbonyl (C=O) groups is 1. The summed E-state index contributed by atoms with van der Waals surface area (Å²) in [5, 5.41) is 2.66. The molecule has 0 saturated heterocycles. The van der Waals surface area contributed by atoms with E-state index in [-0.39, 0.29) is 12.5 Å². The molecule has 0 aromatic heterocycles. The van der Waals surface area contributed by atoms with Crippen LogP contribution in [0.4, 0.5) is 0 Å². The molecule has 0 aliphatic rings. The summed E-state index contributed by atoms with van der Waals surface area (Å²) < 4.78 is 5.50. The zero-order valence-electron chi connectivity index (χ0n) is 10.7. The summed E-state index contributed by atoms with van der Waals surface area (Å²) in [6, 6.07) is 5.86. The van der Waals surface area contributed by atoms with Gasteiger partial charge in [-0.15, -0.1) is 6.58 Å². The number of aryl methyl sites for hydroxylation is 1. The van der Waals surface area contributed by atoms with Crippen LogP contribution in [0.25, 0.3) is 0 Å². The van der Waals surface area contributed by atoms with Crippen LogP contribution in [0.5, 0.6) is 5.75 Å². The number of amides is 1. The van der Waals surface area contributed by atoms with Crippen molar-refractivity contribution < 1.29 is 9.53 Å². The number of rotatable bonds is 7. The molecule has 3 N–H and O–H groups in total. The maximum Gasteiger partial charge on any atom is 0.258 e. The number of benzene rings is 1. The Kier molecular flexibility index (Phi) is 5.94. The van der Waals surface area contributed by atoms with Gasteiger partial charge in [-0.2, -0.15) is 0 Å². The minimum absolute atomic E-state index is 0.00841. The quantitative estimate of drug-likeness (QED) is 0.712. The van der Waals surface area contributed by atoms with E-state index in [1.165, 1.54) is 0 Å². The van der Waals surface area contributed by atoms with Crippen molar-refractivity contribution in [2.24, 2.45) is 5.73 Å². The average molecular weight is 248 g/mol. The summed E-state index contributed by atoms with van der Waals surface area (Å²) in [5.74, 6) is 0.564. The lowest BCUT2D eigenvalue weighted by Gasteiger charge is -2.11. The number of ether oxygens (including phenoxy) is 1. The molecule has 0 aliphatic heterocycles. The van der Waals surface area contributed by atoms with Gasteiger partial charge in [0.15, 0.2) is 6.61 Å². The summed E-state index contributed by atoms with van der Waals surface area (Å²) in [4.78, 5) is 11.4. The maximum atomic E-state index is 11.4. The third kappa shape index (κ3) is 4.59. The second-order valence-corrected chi connectivity index (χ2v) is 4.03. The lowest BCUT2D eigenvalue weighted by molar-refractivity contribution is -0.122. The number of nitrogens with one attached hydrogen (secondary N) is 1. The van der Waals surface area contributed by atoms with Crippen molar-refractivity contribution in [2.75, 3.05) is 19.7 Å². The molecule has 0 bridgehead atoms. The van der Waals surface area contributed by atoms with Crippen molar-refractivity contribution in [3.05, 3.63) is 42.0 Å². The molecule has 1 rings (SSSR count). The van der Waals surface area contributed by atoms with Gasteiger partial charge < -0.3 is 15.8 Å². The molecule has 0 unspecified atom stereocenters. The molecule has 0 atom stereocenters. The highest BCUT2D eigenvalue weighted by atomic mass is 16.5. The Morgan fingerprint density at radius 1 is 1.56 bits per heavy atom. The normalized spacial score (nSPS) is 9.89. The lowest BCUT2D eigenvalue weighted by atomic mass is 10.1. The molecule has 98 valence electrons. The van der Waals surface area contributed by atoms with Gasteiger partial charge in [0.2, 0.25) is 0 Å². The van der Waals surface area contributed by atoms with E-state index in [0.717, 1.165) is 23.3 Å². The van der Waals surface area contributed by atoms with Gasteiger partial charge in [-0.05, 0) is 31.5 Å². The molecule has 4 nitrogen and oxygen atoms in total. The summed E-state index contributed by atoms with van der Waals surface area (Å²) in [6.07, 6.45) is 2.37. The second kappa shape index (κ2) is 7.50. The molecule has 4 heteroatoms. The predicted molar refractivity (Wildman–Crippen MR) is 72.6 cm³/mol. The minimum Gasteiger partial charge on any atom is -0.483 e. The van der Waals surface area contributed by atoms with Gasteiger partial charge in [-0.25, -0.2) is 0 Å². The smallest absolute Gasteiger partial charge is 0.258 e. The number of carbonyl (C=O) groups excluding carboxylic acids is 1. The van der Waals surface area contributed by atoms with Crippen LogP contribution < -0.4 is 15.8 Å². The second-order valence-electron chi connectivity index (χ2n) is 4.03. The van der Waals surface area contributed by atoms with Crippen LogP contribution in [0.2, 0.25) is 0 Å². The third-order valence-electron chi connectivity index (χ3n) is 2.43. The Labute approximate surface area is 108 Å². The van der Waals surface area contributed by atoms with Gasteiger partial charge in [0.25, 0.3) is 5.91 Å². The van der Waals surface area contributed by atoms with E-state index < -0.39 is 0 Å². The summed E-state index contributed by atoms with van der Waals surface area (Å²) in [7, 11) is 0. The lowest BCUT2D eigenvalue weighted by Crippen LogP contribution is -2.29. The third-order valence-corrected chi connectivity index (χ3v) is 2.43. The van der Waals surface area contributed by atoms with Gasteiger partial charge in [-0.3, -0.25) is 4.79 Å². The molecule has 0 saturated carbocycles. The Balaban J connectivity index is 2.60. The first-order valence-electron chi connectivity index (χ1n) is 5.97. The highest BCUT2D eigenvalue weighted by Crippen LogP contribution is 2.20. The van der Waals surface area contributed by atoms with Crippen molar-refractivity contribution in [3.63, 3.8) is 0 Å². The van der Waals surface area contributed by atoms with Crippen LogP contribution in [0.15, 0.2) is 30.9 Å². The highest BCUT2D eigenvalue weighted by molar-refractivity contribution is 5.77. The first-order valence-corrected chi connectivity index (χ1v) is 5.97. The van der Waals surface area contributed by atoms with E-state index in [1.54, 1.807) is 6.08 Å². The van der Waals surface area contributed by atoms with Gasteiger partial charge >= 0.3 is 0 Å². The molecule has 18 heavy (non-hydrogen) atoms. The van der Waals surface area contributed by atoms with E-state index in [4.69, 9.17) is 10.5 Å². The maximum absolute atomic E-state index is 11.4. The summed E-state index contributed by atoms with van der Waals surface area (Å²) in [5.41, 5.74) is 7.75. The Hall–Kier alpha value is -1.81. The SMILES string of the molecule is C=CCNC(=O)COc1ccc(C)cc1CCN. The van der Waals surface area contributed by atoms with E-state index >= 15 is 0 Å². The number of hydrogen-bond acceptors (Lipinski definition) is 3. The average Bonchev–Trinajstić information content (AvgIpc) is 2.36. The first kappa shape index (κ1) is 14.3.